The van der Waals surface area contributed by atoms with Crippen LogP contribution in [0.4, 0.5) is 0 Å². The lowest BCUT2D eigenvalue weighted by Crippen LogP contribution is -2.62. The molecule has 21 N–H and O–H groups in total. The predicted octanol–water partition coefficient (Wildman–Crippen LogP) is 0.0867. The summed E-state index contributed by atoms with van der Waals surface area (Å²) in [5.41, 5.74) is 19.4. The Morgan fingerprint density at radius 3 is 1.09 bits per heavy atom. The van der Waals surface area contributed by atoms with Crippen molar-refractivity contribution < 1.29 is 87.5 Å². The van der Waals surface area contributed by atoms with E-state index >= 15 is 0 Å². The van der Waals surface area contributed by atoms with Crippen LogP contribution in [0.1, 0.15) is 136 Å². The van der Waals surface area contributed by atoms with Crippen molar-refractivity contribution in [1.82, 2.24) is 58.5 Å². The van der Waals surface area contributed by atoms with E-state index in [1.165, 1.54) is 36.4 Å². The minimum absolute atomic E-state index is 0.0253. The number of rotatable bonds is 46. The average molecular weight is 1520 g/mol. The summed E-state index contributed by atoms with van der Waals surface area (Å²) < 4.78 is 0. The fraction of sp³-hybridized carbons (Fsp3) is 0.506. The van der Waals surface area contributed by atoms with Gasteiger partial charge in [0.2, 0.25) is 76.8 Å². The number of carbonyl (C=O) groups is 14. The molecule has 32 heteroatoms. The van der Waals surface area contributed by atoms with E-state index in [0.29, 0.717) is 22.3 Å². The van der Waals surface area contributed by atoms with E-state index in [0.717, 1.165) is 0 Å². The van der Waals surface area contributed by atoms with E-state index in [1.54, 1.807) is 128 Å². The van der Waals surface area contributed by atoms with E-state index in [4.69, 9.17) is 17.2 Å². The molecule has 0 saturated heterocycles. The molecule has 13 atom stereocenters. The largest absolute Gasteiger partial charge is 0.508 e. The van der Waals surface area contributed by atoms with Gasteiger partial charge in [-0.1, -0.05) is 161 Å². The molecule has 0 unspecified atom stereocenters. The van der Waals surface area contributed by atoms with Crippen molar-refractivity contribution >= 4 is 82.8 Å². The molecule has 4 aromatic carbocycles. The molecule has 4 rings (SSSR count). The van der Waals surface area contributed by atoms with Crippen LogP contribution in [0.3, 0.4) is 0 Å². The smallest absolute Gasteiger partial charge is 0.326 e. The Kier molecular flexibility index (Phi) is 37.3. The Balaban J connectivity index is 1.65. The number of carboxylic acids is 1. The number of carbonyl (C=O) groups excluding carboxylic acids is 13. The summed E-state index contributed by atoms with van der Waals surface area (Å²) in [6.07, 6.45) is -2.18. The molecule has 0 saturated carbocycles. The van der Waals surface area contributed by atoms with Crippen molar-refractivity contribution in [2.45, 2.75) is 212 Å². The molecule has 0 radical (unpaired) electrons. The van der Waals surface area contributed by atoms with Gasteiger partial charge in [0.1, 0.15) is 78.0 Å². The van der Waals surface area contributed by atoms with Gasteiger partial charge in [-0.05, 0) is 108 Å². The molecule has 596 valence electrons. The summed E-state index contributed by atoms with van der Waals surface area (Å²) in [5, 5.41) is 68.7. The van der Waals surface area contributed by atoms with E-state index < -0.39 is 199 Å². The van der Waals surface area contributed by atoms with Crippen LogP contribution in [0, 0.1) is 29.6 Å². The molecule has 32 nitrogen and oxygen atoms in total. The summed E-state index contributed by atoms with van der Waals surface area (Å²) in [5.74, 6) is -15.8. The molecular formula is C77H110N14O18. The van der Waals surface area contributed by atoms with Gasteiger partial charge < -0.3 is 96.1 Å². The number of aliphatic hydroxyl groups excluding tert-OH is 1. The van der Waals surface area contributed by atoms with Crippen LogP contribution in [0.25, 0.3) is 0 Å². The number of aliphatic carboxylic acids is 1. The molecule has 0 aliphatic rings. The standard InChI is InChI=1S/C77H110N14O18/c1-11-45(10)65(76(107)88-60(77(108)109)34-43(6)7)91-73(104)59(39-63(80)96)86-74(105)61(40-92)89-71(102)57(38-49-24-28-51(94)29-25-49)84-67(98)53(30-31-62(79)95)81-69(100)56(36-46-18-14-12-15-19-46)85-68(99)54(32-41(2)3)83-70(101)58(37-47-20-16-13-17-21-47)87-75(106)64(44(8)9)90-72(103)55(33-42(4)5)82-66(97)52(78)35-48-22-26-50(93)27-23-48/h12-29,41-45,52-61,64-65,92-94H,11,30-40,78H2,1-10H3,(H2,79,95)(H2,80,96)(H,81,100)(H,82,97)(H,83,101)(H,84,98)(H,85,99)(H,86,105)(H,87,106)(H,88,107)(H,89,102)(H,90,103)(H,91,104)(H,108,109)/t45-,52-,53-,54-,55-,56-,57-,58-,59-,60-,61-,64-,65-/m0/s1. The summed E-state index contributed by atoms with van der Waals surface area (Å²) in [4.78, 5) is 195. The highest BCUT2D eigenvalue weighted by Crippen LogP contribution is 2.18. The Bertz CT molecular complexity index is 3720. The van der Waals surface area contributed by atoms with Crippen LogP contribution in [0.5, 0.6) is 11.5 Å². The van der Waals surface area contributed by atoms with Gasteiger partial charge in [0, 0.05) is 25.7 Å². The second-order valence-electron chi connectivity index (χ2n) is 29.0. The van der Waals surface area contributed by atoms with Crippen molar-refractivity contribution in [2.75, 3.05) is 6.61 Å². The molecule has 0 aliphatic heterocycles. The van der Waals surface area contributed by atoms with Crippen molar-refractivity contribution in [2.24, 2.45) is 46.8 Å². The number of aliphatic hydroxyl groups is 1. The molecule has 13 amide bonds. The first-order valence-corrected chi connectivity index (χ1v) is 36.5. The molecule has 0 fully saturated rings. The lowest BCUT2D eigenvalue weighted by Gasteiger charge is -2.30. The summed E-state index contributed by atoms with van der Waals surface area (Å²) in [6, 6.07) is 10.4. The highest BCUT2D eigenvalue weighted by atomic mass is 16.4. The Hall–Kier alpha value is -11.0. The molecule has 109 heavy (non-hydrogen) atoms. The number of phenolic OH excluding ortho intramolecular Hbond substituents is 2. The third-order valence-corrected chi connectivity index (χ3v) is 17.8. The highest BCUT2D eigenvalue weighted by molar-refractivity contribution is 6.00. The normalized spacial score (nSPS) is 14.9. The second kappa shape index (κ2) is 44.9. The van der Waals surface area contributed by atoms with Crippen LogP contribution in [-0.4, -0.2) is 182 Å². The zero-order chi connectivity index (χ0) is 81.4. The van der Waals surface area contributed by atoms with Crippen molar-refractivity contribution in [3.05, 3.63) is 131 Å². The summed E-state index contributed by atoms with van der Waals surface area (Å²) in [6.45, 7) is 16.1. The van der Waals surface area contributed by atoms with Crippen molar-refractivity contribution in [3.63, 3.8) is 0 Å². The van der Waals surface area contributed by atoms with Gasteiger partial charge in [-0.2, -0.15) is 0 Å². The topological polar surface area (TPSA) is 530 Å². The van der Waals surface area contributed by atoms with Crippen molar-refractivity contribution in [1.29, 1.82) is 0 Å². The maximum atomic E-state index is 14.9. The first-order chi connectivity index (χ1) is 51.4. The van der Waals surface area contributed by atoms with Crippen LogP contribution < -0.4 is 75.7 Å². The number of amides is 13. The average Bonchev–Trinajstić information content (AvgIpc) is 0.845. The Labute approximate surface area is 634 Å². The number of primary amides is 2. The number of benzene rings is 4. The van der Waals surface area contributed by atoms with E-state index in [9.17, 15) is 87.5 Å². The quantitative estimate of drug-likeness (QED) is 0.0279. The Morgan fingerprint density at radius 1 is 0.358 bits per heavy atom. The highest BCUT2D eigenvalue weighted by Gasteiger charge is 2.39. The number of phenols is 2. The van der Waals surface area contributed by atoms with Gasteiger partial charge in [0.25, 0.3) is 0 Å². The first kappa shape index (κ1) is 90.4. The monoisotopic (exact) mass is 1520 g/mol. The van der Waals surface area contributed by atoms with E-state index in [2.05, 4.69) is 58.5 Å². The summed E-state index contributed by atoms with van der Waals surface area (Å²) >= 11 is 0. The third kappa shape index (κ3) is 31.8. The number of hydrogen-bond donors (Lipinski definition) is 18. The number of hydrogen-bond acceptors (Lipinski definition) is 18. The van der Waals surface area contributed by atoms with Crippen molar-refractivity contribution in [3.8, 4) is 11.5 Å². The van der Waals surface area contributed by atoms with Crippen LogP contribution in [-0.2, 0) is 92.8 Å². The zero-order valence-electron chi connectivity index (χ0n) is 63.4. The predicted molar refractivity (Wildman–Crippen MR) is 403 cm³/mol. The van der Waals surface area contributed by atoms with Gasteiger partial charge in [0.05, 0.1) is 19.1 Å². The van der Waals surface area contributed by atoms with Gasteiger partial charge in [-0.25, -0.2) is 4.79 Å². The number of nitrogens with two attached hydrogens (primary N) is 3. The SMILES string of the molecule is CC[C@H](C)[C@H](NC(=O)[C@H](CC(N)=O)NC(=O)[C@H](CO)NC(=O)[C@H](Cc1ccc(O)cc1)NC(=O)[C@H](CCC(N)=O)NC(=O)[C@H](Cc1ccccc1)NC(=O)[C@H](CC(C)C)NC(=O)[C@H](Cc1ccccc1)NC(=O)[C@@H](NC(=O)[C@H](CC(C)C)NC(=O)[C@@H](N)Cc1ccc(O)cc1)C(C)C)C(=O)N[C@@H](CC(C)C)C(=O)O. The van der Waals surface area contributed by atoms with Crippen LogP contribution >= 0.6 is 0 Å². The minimum Gasteiger partial charge on any atom is -0.508 e. The van der Waals surface area contributed by atoms with Crippen LogP contribution in [0.15, 0.2) is 109 Å². The lowest BCUT2D eigenvalue weighted by atomic mass is 9.96. The van der Waals surface area contributed by atoms with Gasteiger partial charge >= 0.3 is 5.97 Å². The lowest BCUT2D eigenvalue weighted by molar-refractivity contribution is -0.143. The van der Waals surface area contributed by atoms with Gasteiger partial charge in [0.15, 0.2) is 0 Å². The van der Waals surface area contributed by atoms with Gasteiger partial charge in [-0.3, -0.25) is 62.3 Å². The number of nitrogens with one attached hydrogen (secondary N) is 11. The molecule has 0 spiro atoms. The van der Waals surface area contributed by atoms with Gasteiger partial charge in [-0.15, -0.1) is 0 Å². The summed E-state index contributed by atoms with van der Waals surface area (Å²) in [7, 11) is 0. The number of carboxylic acid groups (broad SMARTS) is 1. The molecule has 0 aliphatic carbocycles. The van der Waals surface area contributed by atoms with E-state index in [-0.39, 0.29) is 74.2 Å². The molecule has 0 heterocycles. The molecular weight excluding hydrogens is 1410 g/mol. The third-order valence-electron chi connectivity index (χ3n) is 17.8. The fourth-order valence-corrected chi connectivity index (χ4v) is 11.6. The first-order valence-electron chi connectivity index (χ1n) is 36.5. The maximum Gasteiger partial charge on any atom is 0.326 e. The molecule has 4 aromatic rings. The number of aromatic hydroxyl groups is 2. The Morgan fingerprint density at radius 2 is 0.679 bits per heavy atom. The van der Waals surface area contributed by atoms with Crippen LogP contribution in [0.2, 0.25) is 0 Å². The fourth-order valence-electron chi connectivity index (χ4n) is 11.6. The van der Waals surface area contributed by atoms with E-state index in [1.807, 2.05) is 13.8 Å². The minimum atomic E-state index is -1.95. The molecule has 0 aromatic heterocycles. The maximum absolute atomic E-state index is 14.9. The molecule has 0 bridgehead atoms. The zero-order valence-corrected chi connectivity index (χ0v) is 63.4. The second-order valence-corrected chi connectivity index (χ2v) is 29.0.